The van der Waals surface area contributed by atoms with Crippen molar-refractivity contribution < 1.29 is 19.1 Å². The van der Waals surface area contributed by atoms with Gasteiger partial charge in [-0.15, -0.1) is 11.3 Å². The summed E-state index contributed by atoms with van der Waals surface area (Å²) < 4.78 is 10.4. The number of aliphatic hydroxyl groups is 1. The lowest BCUT2D eigenvalue weighted by atomic mass is 10.2. The molecule has 0 spiro atoms. The fourth-order valence-electron chi connectivity index (χ4n) is 1.59. The van der Waals surface area contributed by atoms with Crippen molar-refractivity contribution in [1.29, 1.82) is 0 Å². The smallest absolute Gasteiger partial charge is 0.254 e. The molecule has 5 nitrogen and oxygen atoms in total. The van der Waals surface area contributed by atoms with Gasteiger partial charge in [-0.25, -0.2) is 0 Å². The van der Waals surface area contributed by atoms with Crippen LogP contribution in [0.15, 0.2) is 40.5 Å². The molecular formula is C13H15NO4S. The van der Waals surface area contributed by atoms with E-state index < -0.39 is 0 Å². The Kier molecular flexibility index (Phi) is 5.14. The molecule has 0 aromatic carbocycles. The van der Waals surface area contributed by atoms with Crippen molar-refractivity contribution in [3.8, 4) is 0 Å². The third-order valence-electron chi connectivity index (χ3n) is 2.50. The van der Waals surface area contributed by atoms with Gasteiger partial charge < -0.3 is 19.6 Å². The topological polar surface area (TPSA) is 71.7 Å². The van der Waals surface area contributed by atoms with E-state index in [4.69, 9.17) is 14.3 Å². The molecule has 1 amide bonds. The van der Waals surface area contributed by atoms with E-state index in [1.54, 1.807) is 17.4 Å². The van der Waals surface area contributed by atoms with Gasteiger partial charge in [-0.2, -0.15) is 0 Å². The predicted octanol–water partition coefficient (Wildman–Crippen LogP) is 1.82. The highest BCUT2D eigenvalue weighted by atomic mass is 32.1. The third kappa shape index (κ3) is 3.92. The number of nitrogens with one attached hydrogen (secondary N) is 1. The summed E-state index contributed by atoms with van der Waals surface area (Å²) in [5.41, 5.74) is 0.479. The molecule has 102 valence electrons. The Bertz CT molecular complexity index is 481. The number of thiophene rings is 1. The number of hydrogen-bond acceptors (Lipinski definition) is 5. The molecule has 0 fully saturated rings. The van der Waals surface area contributed by atoms with Gasteiger partial charge in [0, 0.05) is 11.4 Å². The van der Waals surface area contributed by atoms with Crippen LogP contribution in [0.1, 0.15) is 21.3 Å². The lowest BCUT2D eigenvalue weighted by Gasteiger charge is -2.16. The monoisotopic (exact) mass is 281 g/mol. The van der Waals surface area contributed by atoms with Gasteiger partial charge in [-0.1, -0.05) is 6.07 Å². The van der Waals surface area contributed by atoms with Crippen LogP contribution in [0.3, 0.4) is 0 Å². The van der Waals surface area contributed by atoms with Gasteiger partial charge in [0.1, 0.15) is 12.4 Å². The predicted molar refractivity (Wildman–Crippen MR) is 71.1 cm³/mol. The molecule has 0 aliphatic rings. The Morgan fingerprint density at radius 2 is 2.42 bits per heavy atom. The van der Waals surface area contributed by atoms with Crippen LogP contribution in [0, 0.1) is 0 Å². The molecule has 0 bridgehead atoms. The Morgan fingerprint density at radius 1 is 1.53 bits per heavy atom. The summed E-state index contributed by atoms with van der Waals surface area (Å²) in [4.78, 5) is 12.8. The molecule has 0 aliphatic heterocycles. The van der Waals surface area contributed by atoms with Gasteiger partial charge >= 0.3 is 0 Å². The molecule has 0 saturated carbocycles. The Balaban J connectivity index is 1.91. The summed E-state index contributed by atoms with van der Waals surface area (Å²) in [6.45, 7) is 0.548. The zero-order valence-electron chi connectivity index (χ0n) is 10.2. The molecule has 2 rings (SSSR count). The van der Waals surface area contributed by atoms with Gasteiger partial charge in [-0.05, 0) is 17.5 Å². The highest BCUT2D eigenvalue weighted by Gasteiger charge is 2.15. The van der Waals surface area contributed by atoms with Crippen LogP contribution in [0.4, 0.5) is 0 Å². The molecule has 6 heteroatoms. The van der Waals surface area contributed by atoms with E-state index in [-0.39, 0.29) is 25.2 Å². The van der Waals surface area contributed by atoms with E-state index in [1.165, 1.54) is 12.5 Å². The van der Waals surface area contributed by atoms with Gasteiger partial charge in [0.25, 0.3) is 5.91 Å². The highest BCUT2D eigenvalue weighted by Crippen LogP contribution is 2.21. The molecule has 0 saturated heterocycles. The molecule has 2 aromatic heterocycles. The van der Waals surface area contributed by atoms with E-state index in [0.717, 1.165) is 4.88 Å². The Labute approximate surface area is 114 Å². The number of ether oxygens (including phenoxy) is 1. The number of carbonyl (C=O) groups is 1. The SMILES string of the molecule is O=C(NC[C@@H](OCCO)c1cccs1)c1ccoc1. The number of amides is 1. The number of rotatable bonds is 7. The van der Waals surface area contributed by atoms with Crippen LogP contribution in [0.25, 0.3) is 0 Å². The second kappa shape index (κ2) is 7.08. The fourth-order valence-corrected chi connectivity index (χ4v) is 2.37. The summed E-state index contributed by atoms with van der Waals surface area (Å²) >= 11 is 1.55. The van der Waals surface area contributed by atoms with Crippen molar-refractivity contribution >= 4 is 17.2 Å². The normalized spacial score (nSPS) is 12.3. The van der Waals surface area contributed by atoms with Crippen molar-refractivity contribution in [2.24, 2.45) is 0 Å². The van der Waals surface area contributed by atoms with Gasteiger partial charge in [0.05, 0.1) is 25.0 Å². The lowest BCUT2D eigenvalue weighted by Crippen LogP contribution is -2.29. The van der Waals surface area contributed by atoms with Crippen molar-refractivity contribution in [1.82, 2.24) is 5.32 Å². The molecule has 2 heterocycles. The van der Waals surface area contributed by atoms with Crippen LogP contribution >= 0.6 is 11.3 Å². The second-order valence-electron chi connectivity index (χ2n) is 3.82. The van der Waals surface area contributed by atoms with Crippen LogP contribution in [0.5, 0.6) is 0 Å². The maximum Gasteiger partial charge on any atom is 0.254 e. The summed E-state index contributed by atoms with van der Waals surface area (Å²) in [5.74, 6) is -0.206. The van der Waals surface area contributed by atoms with Crippen LogP contribution in [-0.2, 0) is 4.74 Å². The van der Waals surface area contributed by atoms with E-state index in [2.05, 4.69) is 5.32 Å². The second-order valence-corrected chi connectivity index (χ2v) is 4.80. The average Bonchev–Trinajstić information content (AvgIpc) is 3.11. The standard InChI is InChI=1S/C13H15NO4S/c15-4-6-18-11(12-2-1-7-19-12)8-14-13(16)10-3-5-17-9-10/h1-3,5,7,9,11,15H,4,6,8H2,(H,14,16)/t11-/m1/s1. The first kappa shape index (κ1) is 13.8. The maximum atomic E-state index is 11.8. The van der Waals surface area contributed by atoms with E-state index in [0.29, 0.717) is 12.1 Å². The zero-order valence-corrected chi connectivity index (χ0v) is 11.1. The lowest BCUT2D eigenvalue weighted by molar-refractivity contribution is 0.0296. The molecule has 19 heavy (non-hydrogen) atoms. The van der Waals surface area contributed by atoms with Crippen molar-refractivity contribution in [3.63, 3.8) is 0 Å². The summed E-state index contributed by atoms with van der Waals surface area (Å²) in [5, 5.41) is 13.5. The van der Waals surface area contributed by atoms with Gasteiger partial charge in [0.2, 0.25) is 0 Å². The van der Waals surface area contributed by atoms with Crippen LogP contribution in [-0.4, -0.2) is 30.8 Å². The van der Waals surface area contributed by atoms with Crippen LogP contribution < -0.4 is 5.32 Å². The minimum absolute atomic E-state index is 0.0441. The molecule has 1 atom stereocenters. The zero-order chi connectivity index (χ0) is 13.5. The Hall–Kier alpha value is -1.63. The number of hydrogen-bond donors (Lipinski definition) is 2. The number of aliphatic hydroxyl groups excluding tert-OH is 1. The third-order valence-corrected chi connectivity index (χ3v) is 3.47. The maximum absolute atomic E-state index is 11.8. The average molecular weight is 281 g/mol. The number of carbonyl (C=O) groups excluding carboxylic acids is 1. The van der Waals surface area contributed by atoms with Gasteiger partial charge in [-0.3, -0.25) is 4.79 Å². The first-order chi connectivity index (χ1) is 9.31. The summed E-state index contributed by atoms with van der Waals surface area (Å²) in [6.07, 6.45) is 2.60. The molecule has 2 N–H and O–H groups in total. The van der Waals surface area contributed by atoms with Crippen molar-refractivity contribution in [2.45, 2.75) is 6.10 Å². The first-order valence-corrected chi connectivity index (χ1v) is 6.75. The molecule has 0 radical (unpaired) electrons. The van der Waals surface area contributed by atoms with Gasteiger partial charge in [0.15, 0.2) is 0 Å². The largest absolute Gasteiger partial charge is 0.472 e. The fraction of sp³-hybridized carbons (Fsp3) is 0.308. The minimum Gasteiger partial charge on any atom is -0.472 e. The van der Waals surface area contributed by atoms with E-state index >= 15 is 0 Å². The quantitative estimate of drug-likeness (QED) is 0.812. The molecule has 2 aromatic rings. The number of furan rings is 1. The molecular weight excluding hydrogens is 266 g/mol. The minimum atomic E-state index is -0.247. The molecule has 0 unspecified atom stereocenters. The van der Waals surface area contributed by atoms with Crippen LogP contribution in [0.2, 0.25) is 0 Å². The molecule has 0 aliphatic carbocycles. The summed E-state index contributed by atoms with van der Waals surface area (Å²) in [6, 6.07) is 5.47. The van der Waals surface area contributed by atoms with Crippen molar-refractivity contribution in [3.05, 3.63) is 46.5 Å². The highest BCUT2D eigenvalue weighted by molar-refractivity contribution is 7.10. The first-order valence-electron chi connectivity index (χ1n) is 5.87. The summed E-state index contributed by atoms with van der Waals surface area (Å²) in [7, 11) is 0. The van der Waals surface area contributed by atoms with E-state index in [9.17, 15) is 4.79 Å². The van der Waals surface area contributed by atoms with E-state index in [1.807, 2.05) is 17.5 Å². The van der Waals surface area contributed by atoms with Crippen molar-refractivity contribution in [2.75, 3.05) is 19.8 Å². The Morgan fingerprint density at radius 3 is 3.05 bits per heavy atom.